The first-order valence-electron chi connectivity index (χ1n) is 5.04. The van der Waals surface area contributed by atoms with Gasteiger partial charge in [0.05, 0.1) is 0 Å². The zero-order valence-corrected chi connectivity index (χ0v) is 9.16. The molecule has 0 saturated heterocycles. The lowest BCUT2D eigenvalue weighted by Gasteiger charge is -2.01. The lowest BCUT2D eigenvalue weighted by Crippen LogP contribution is -2.23. The third kappa shape index (κ3) is 2.70. The van der Waals surface area contributed by atoms with E-state index in [4.69, 9.17) is 5.11 Å². The fourth-order valence-electron chi connectivity index (χ4n) is 1.26. The summed E-state index contributed by atoms with van der Waals surface area (Å²) < 4.78 is 4.48. The van der Waals surface area contributed by atoms with Gasteiger partial charge in [0.1, 0.15) is 0 Å². The van der Waals surface area contributed by atoms with E-state index in [1.807, 2.05) is 0 Å². The molecule has 18 heavy (non-hydrogen) atoms. The Kier molecular flexibility index (Phi) is 3.33. The summed E-state index contributed by atoms with van der Waals surface area (Å²) in [6, 6.07) is 4.62. The number of aromatic carboxylic acids is 1. The summed E-state index contributed by atoms with van der Waals surface area (Å²) in [7, 11) is 0. The van der Waals surface area contributed by atoms with E-state index in [1.54, 1.807) is 24.5 Å². The predicted molar refractivity (Wildman–Crippen MR) is 58.9 cm³/mol. The van der Waals surface area contributed by atoms with Crippen molar-refractivity contribution in [2.75, 3.05) is 0 Å². The summed E-state index contributed by atoms with van der Waals surface area (Å²) in [6.07, 6.45) is 3.24. The summed E-state index contributed by atoms with van der Waals surface area (Å²) in [6.45, 7) is 0.280. The first-order valence-corrected chi connectivity index (χ1v) is 5.04. The molecule has 7 heteroatoms. The van der Waals surface area contributed by atoms with Crippen molar-refractivity contribution >= 4 is 11.9 Å². The Labute approximate surface area is 101 Å². The normalized spacial score (nSPS) is 10.0. The fourth-order valence-corrected chi connectivity index (χ4v) is 1.26. The maximum Gasteiger partial charge on any atom is 0.374 e. The molecule has 0 bridgehead atoms. The van der Waals surface area contributed by atoms with Crippen LogP contribution in [0.25, 0.3) is 0 Å². The number of hydrogen-bond acceptors (Lipinski definition) is 5. The summed E-state index contributed by atoms with van der Waals surface area (Å²) in [4.78, 5) is 26.0. The molecular formula is C11H9N3O4. The molecule has 0 unspecified atom stereocenters. The lowest BCUT2D eigenvalue weighted by atomic mass is 10.3. The monoisotopic (exact) mass is 247 g/mol. The maximum atomic E-state index is 11.6. The summed E-state index contributed by atoms with van der Waals surface area (Å²) in [5, 5.41) is 14.6. The molecule has 92 valence electrons. The van der Waals surface area contributed by atoms with E-state index >= 15 is 0 Å². The third-order valence-corrected chi connectivity index (χ3v) is 2.13. The number of carboxylic acid groups (broad SMARTS) is 1. The Hall–Kier alpha value is -2.70. The van der Waals surface area contributed by atoms with Gasteiger partial charge in [0.25, 0.3) is 5.91 Å². The van der Waals surface area contributed by atoms with Gasteiger partial charge in [-0.2, -0.15) is 0 Å². The minimum atomic E-state index is -1.27. The van der Waals surface area contributed by atoms with E-state index in [9.17, 15) is 9.59 Å². The van der Waals surface area contributed by atoms with Crippen molar-refractivity contribution in [3.05, 3.63) is 47.6 Å². The van der Waals surface area contributed by atoms with Gasteiger partial charge in [0.2, 0.25) is 5.76 Å². The van der Waals surface area contributed by atoms with Gasteiger partial charge in [-0.05, 0) is 11.6 Å². The topological polar surface area (TPSA) is 105 Å². The third-order valence-electron chi connectivity index (χ3n) is 2.13. The standard InChI is InChI=1S/C11H9N3O4/c15-10(8-4-9(11(16)17)18-14-8)13-6-7-2-1-3-12-5-7/h1-5H,6H2,(H,13,15)(H,16,17). The van der Waals surface area contributed by atoms with Crippen molar-refractivity contribution in [1.82, 2.24) is 15.5 Å². The highest BCUT2D eigenvalue weighted by Crippen LogP contribution is 2.04. The molecule has 0 aromatic carbocycles. The second kappa shape index (κ2) is 5.09. The summed E-state index contributed by atoms with van der Waals surface area (Å²) in [5.41, 5.74) is 0.754. The molecule has 0 aliphatic heterocycles. The molecule has 0 fully saturated rings. The number of carboxylic acids is 1. The number of nitrogens with zero attached hydrogens (tertiary/aromatic N) is 2. The summed E-state index contributed by atoms with van der Waals surface area (Å²) in [5.74, 6) is -2.15. The molecule has 0 spiro atoms. The molecule has 0 atom stereocenters. The van der Waals surface area contributed by atoms with Gasteiger partial charge in [-0.3, -0.25) is 9.78 Å². The Morgan fingerprint density at radius 3 is 2.89 bits per heavy atom. The van der Waals surface area contributed by atoms with Crippen LogP contribution < -0.4 is 5.32 Å². The van der Waals surface area contributed by atoms with Crippen LogP contribution in [0.15, 0.2) is 35.1 Å². The summed E-state index contributed by atoms with van der Waals surface area (Å²) >= 11 is 0. The van der Waals surface area contributed by atoms with E-state index in [0.29, 0.717) is 0 Å². The van der Waals surface area contributed by atoms with Crippen LogP contribution in [-0.4, -0.2) is 27.1 Å². The van der Waals surface area contributed by atoms with Crippen LogP contribution in [0.3, 0.4) is 0 Å². The molecule has 2 heterocycles. The SMILES string of the molecule is O=C(NCc1cccnc1)c1cc(C(=O)O)on1. The molecule has 0 radical (unpaired) electrons. The van der Waals surface area contributed by atoms with Crippen LogP contribution in [0.2, 0.25) is 0 Å². The first-order chi connectivity index (χ1) is 8.66. The van der Waals surface area contributed by atoms with Crippen LogP contribution in [0, 0.1) is 0 Å². The van der Waals surface area contributed by atoms with Crippen LogP contribution >= 0.6 is 0 Å². The van der Waals surface area contributed by atoms with E-state index < -0.39 is 11.9 Å². The van der Waals surface area contributed by atoms with Crippen molar-refractivity contribution in [3.63, 3.8) is 0 Å². The zero-order chi connectivity index (χ0) is 13.0. The molecular weight excluding hydrogens is 238 g/mol. The van der Waals surface area contributed by atoms with Crippen LogP contribution in [-0.2, 0) is 6.54 Å². The van der Waals surface area contributed by atoms with E-state index in [1.165, 1.54) is 0 Å². The fraction of sp³-hybridized carbons (Fsp3) is 0.0909. The van der Waals surface area contributed by atoms with Gasteiger partial charge < -0.3 is 14.9 Å². The molecule has 2 N–H and O–H groups in total. The molecule has 0 aliphatic rings. The maximum absolute atomic E-state index is 11.6. The van der Waals surface area contributed by atoms with Crippen LogP contribution in [0.5, 0.6) is 0 Å². The van der Waals surface area contributed by atoms with Crippen molar-refractivity contribution in [2.45, 2.75) is 6.54 Å². The smallest absolute Gasteiger partial charge is 0.374 e. The quantitative estimate of drug-likeness (QED) is 0.823. The number of amides is 1. The highest BCUT2D eigenvalue weighted by molar-refractivity contribution is 5.94. The molecule has 1 amide bonds. The molecule has 0 aliphatic carbocycles. The van der Waals surface area contributed by atoms with Crippen molar-refractivity contribution in [2.24, 2.45) is 0 Å². The Morgan fingerprint density at radius 2 is 2.28 bits per heavy atom. The average Bonchev–Trinajstić information content (AvgIpc) is 2.87. The van der Waals surface area contributed by atoms with E-state index in [2.05, 4.69) is 20.0 Å². The molecule has 7 nitrogen and oxygen atoms in total. The van der Waals surface area contributed by atoms with Gasteiger partial charge in [-0.15, -0.1) is 0 Å². The number of carbonyl (C=O) groups is 2. The van der Waals surface area contributed by atoms with Gasteiger partial charge in [-0.25, -0.2) is 4.79 Å². The minimum Gasteiger partial charge on any atom is -0.475 e. The molecule has 2 aromatic heterocycles. The zero-order valence-electron chi connectivity index (χ0n) is 9.16. The average molecular weight is 247 g/mol. The number of aromatic nitrogens is 2. The van der Waals surface area contributed by atoms with Crippen molar-refractivity contribution < 1.29 is 19.2 Å². The van der Waals surface area contributed by atoms with Crippen LogP contribution in [0.4, 0.5) is 0 Å². The largest absolute Gasteiger partial charge is 0.475 e. The highest BCUT2D eigenvalue weighted by Gasteiger charge is 2.16. The number of hydrogen-bond donors (Lipinski definition) is 2. The van der Waals surface area contributed by atoms with Crippen molar-refractivity contribution in [1.29, 1.82) is 0 Å². The van der Waals surface area contributed by atoms with Gasteiger partial charge in [0, 0.05) is 25.0 Å². The Balaban J connectivity index is 1.97. The lowest BCUT2D eigenvalue weighted by molar-refractivity contribution is 0.0651. The molecule has 2 aromatic rings. The molecule has 2 rings (SSSR count). The van der Waals surface area contributed by atoms with Crippen molar-refractivity contribution in [3.8, 4) is 0 Å². The van der Waals surface area contributed by atoms with Gasteiger partial charge in [0.15, 0.2) is 5.69 Å². The number of rotatable bonds is 4. The van der Waals surface area contributed by atoms with Gasteiger partial charge >= 0.3 is 5.97 Å². The second-order valence-corrected chi connectivity index (χ2v) is 3.43. The Morgan fingerprint density at radius 1 is 1.44 bits per heavy atom. The number of nitrogens with one attached hydrogen (secondary N) is 1. The second-order valence-electron chi connectivity index (χ2n) is 3.43. The van der Waals surface area contributed by atoms with E-state index in [-0.39, 0.29) is 18.0 Å². The predicted octanol–water partition coefficient (Wildman–Crippen LogP) is 0.698. The van der Waals surface area contributed by atoms with E-state index in [0.717, 1.165) is 11.6 Å². The Bertz CT molecular complexity index is 565. The van der Waals surface area contributed by atoms with Crippen LogP contribution in [0.1, 0.15) is 26.6 Å². The number of pyridine rings is 1. The molecule has 0 saturated carbocycles. The number of carbonyl (C=O) groups excluding carboxylic acids is 1. The van der Waals surface area contributed by atoms with Gasteiger partial charge in [-0.1, -0.05) is 11.2 Å². The minimum absolute atomic E-state index is 0.0729. The first kappa shape index (κ1) is 11.8. The highest BCUT2D eigenvalue weighted by atomic mass is 16.5.